The lowest BCUT2D eigenvalue weighted by Crippen LogP contribution is -2.09. The molecule has 2 rings (SSSR count). The molecule has 0 saturated heterocycles. The number of benzene rings is 1. The Kier molecular flexibility index (Phi) is 3.56. The molecule has 0 aliphatic rings. The summed E-state index contributed by atoms with van der Waals surface area (Å²) in [4.78, 5) is 0. The number of rotatable bonds is 3. The van der Waals surface area contributed by atoms with E-state index in [0.29, 0.717) is 11.4 Å². The van der Waals surface area contributed by atoms with E-state index in [4.69, 9.17) is 10.5 Å². The standard InChI is InChI=1S/C12H13BrFN3O/c1-7(2)18-12-4-11(10(15)3-9(12)14)17-6-8(13)5-16-17/h3-7H,15H2,1-2H3. The zero-order valence-corrected chi connectivity index (χ0v) is 11.6. The highest BCUT2D eigenvalue weighted by Crippen LogP contribution is 2.28. The van der Waals surface area contributed by atoms with Crippen LogP contribution in [0.15, 0.2) is 29.0 Å². The van der Waals surface area contributed by atoms with Gasteiger partial charge >= 0.3 is 0 Å². The van der Waals surface area contributed by atoms with E-state index >= 15 is 0 Å². The van der Waals surface area contributed by atoms with Gasteiger partial charge in [0, 0.05) is 18.3 Å². The average Bonchev–Trinajstić information content (AvgIpc) is 2.68. The largest absolute Gasteiger partial charge is 0.488 e. The van der Waals surface area contributed by atoms with Crippen molar-refractivity contribution < 1.29 is 9.13 Å². The number of ether oxygens (including phenoxy) is 1. The van der Waals surface area contributed by atoms with Crippen LogP contribution < -0.4 is 10.5 Å². The second-order valence-corrected chi connectivity index (χ2v) is 5.03. The first-order valence-electron chi connectivity index (χ1n) is 5.43. The molecule has 1 aromatic heterocycles. The van der Waals surface area contributed by atoms with E-state index < -0.39 is 5.82 Å². The minimum atomic E-state index is -0.476. The zero-order chi connectivity index (χ0) is 13.3. The molecule has 2 aromatic rings. The maximum atomic E-state index is 13.7. The molecular formula is C12H13BrFN3O. The van der Waals surface area contributed by atoms with Crippen LogP contribution in [0.3, 0.4) is 0 Å². The smallest absolute Gasteiger partial charge is 0.167 e. The van der Waals surface area contributed by atoms with E-state index in [1.165, 1.54) is 6.07 Å². The minimum absolute atomic E-state index is 0.111. The SMILES string of the molecule is CC(C)Oc1cc(-n2cc(Br)cn2)c(N)cc1F. The van der Waals surface area contributed by atoms with Crippen molar-refractivity contribution in [3.63, 3.8) is 0 Å². The van der Waals surface area contributed by atoms with Crippen LogP contribution in [0.2, 0.25) is 0 Å². The lowest BCUT2D eigenvalue weighted by atomic mass is 10.2. The van der Waals surface area contributed by atoms with Gasteiger partial charge in [-0.25, -0.2) is 9.07 Å². The van der Waals surface area contributed by atoms with Gasteiger partial charge in [0.15, 0.2) is 11.6 Å². The Labute approximate surface area is 113 Å². The van der Waals surface area contributed by atoms with Gasteiger partial charge in [-0.15, -0.1) is 0 Å². The van der Waals surface area contributed by atoms with Crippen LogP contribution in [0.4, 0.5) is 10.1 Å². The number of nitrogen functional groups attached to an aromatic ring is 1. The normalized spacial score (nSPS) is 10.9. The van der Waals surface area contributed by atoms with Crippen molar-refractivity contribution in [2.75, 3.05) is 5.73 Å². The molecule has 0 spiro atoms. The molecule has 1 aromatic carbocycles. The Balaban J connectivity index is 2.47. The number of aromatic nitrogens is 2. The topological polar surface area (TPSA) is 53.1 Å². The van der Waals surface area contributed by atoms with E-state index in [1.807, 2.05) is 13.8 Å². The maximum absolute atomic E-state index is 13.7. The third-order valence-electron chi connectivity index (χ3n) is 2.24. The van der Waals surface area contributed by atoms with E-state index in [1.54, 1.807) is 23.1 Å². The molecule has 0 aliphatic heterocycles. The van der Waals surface area contributed by atoms with Gasteiger partial charge < -0.3 is 10.5 Å². The molecule has 0 fully saturated rings. The van der Waals surface area contributed by atoms with Crippen LogP contribution in [0.1, 0.15) is 13.8 Å². The van der Waals surface area contributed by atoms with Crippen molar-refractivity contribution in [2.24, 2.45) is 0 Å². The molecule has 2 N–H and O–H groups in total. The Bertz CT molecular complexity index is 568. The van der Waals surface area contributed by atoms with Gasteiger partial charge in [0.25, 0.3) is 0 Å². The zero-order valence-electron chi connectivity index (χ0n) is 10.0. The molecule has 0 atom stereocenters. The van der Waals surface area contributed by atoms with Crippen LogP contribution in [-0.2, 0) is 0 Å². The summed E-state index contributed by atoms with van der Waals surface area (Å²) in [6, 6.07) is 2.78. The summed E-state index contributed by atoms with van der Waals surface area (Å²) in [6.45, 7) is 3.67. The summed E-state index contributed by atoms with van der Waals surface area (Å²) < 4.78 is 21.4. The molecule has 4 nitrogen and oxygen atoms in total. The van der Waals surface area contributed by atoms with Crippen LogP contribution in [-0.4, -0.2) is 15.9 Å². The molecule has 0 aliphatic carbocycles. The predicted octanol–water partition coefficient (Wildman–Crippen LogP) is 3.14. The Morgan fingerprint density at radius 1 is 1.44 bits per heavy atom. The van der Waals surface area contributed by atoms with E-state index in [0.717, 1.165) is 4.47 Å². The number of halogens is 2. The first kappa shape index (κ1) is 12.9. The van der Waals surface area contributed by atoms with Crippen molar-refractivity contribution in [3.05, 3.63) is 34.8 Å². The predicted molar refractivity (Wildman–Crippen MR) is 71.4 cm³/mol. The molecule has 0 radical (unpaired) electrons. The molecule has 18 heavy (non-hydrogen) atoms. The Morgan fingerprint density at radius 2 is 2.17 bits per heavy atom. The lowest BCUT2D eigenvalue weighted by Gasteiger charge is -2.13. The van der Waals surface area contributed by atoms with Gasteiger partial charge in [0.1, 0.15) is 0 Å². The third kappa shape index (κ3) is 2.64. The highest BCUT2D eigenvalue weighted by molar-refractivity contribution is 9.10. The fourth-order valence-electron chi connectivity index (χ4n) is 1.53. The first-order valence-corrected chi connectivity index (χ1v) is 6.23. The second-order valence-electron chi connectivity index (χ2n) is 4.11. The van der Waals surface area contributed by atoms with E-state index in [9.17, 15) is 4.39 Å². The fraction of sp³-hybridized carbons (Fsp3) is 0.250. The van der Waals surface area contributed by atoms with Crippen LogP contribution in [0, 0.1) is 5.82 Å². The molecule has 0 amide bonds. The lowest BCUT2D eigenvalue weighted by molar-refractivity contribution is 0.231. The van der Waals surface area contributed by atoms with Gasteiger partial charge in [-0.1, -0.05) is 0 Å². The second kappa shape index (κ2) is 4.97. The van der Waals surface area contributed by atoms with Crippen molar-refractivity contribution in [2.45, 2.75) is 20.0 Å². The molecule has 0 saturated carbocycles. The summed E-state index contributed by atoms with van der Waals surface area (Å²) in [7, 11) is 0. The van der Waals surface area contributed by atoms with E-state index in [2.05, 4.69) is 21.0 Å². The number of anilines is 1. The number of nitrogens with zero attached hydrogens (tertiary/aromatic N) is 2. The summed E-state index contributed by atoms with van der Waals surface area (Å²) in [6.07, 6.45) is 3.26. The third-order valence-corrected chi connectivity index (χ3v) is 2.65. The number of nitrogens with two attached hydrogens (primary N) is 1. The van der Waals surface area contributed by atoms with Crippen molar-refractivity contribution in [1.82, 2.24) is 9.78 Å². The Hall–Kier alpha value is -1.56. The maximum Gasteiger partial charge on any atom is 0.167 e. The monoisotopic (exact) mass is 313 g/mol. The first-order chi connectivity index (χ1) is 8.47. The molecule has 6 heteroatoms. The van der Waals surface area contributed by atoms with Crippen LogP contribution >= 0.6 is 15.9 Å². The quantitative estimate of drug-likeness (QED) is 0.886. The van der Waals surface area contributed by atoms with Gasteiger partial charge in [0.2, 0.25) is 0 Å². The molecule has 96 valence electrons. The summed E-state index contributed by atoms with van der Waals surface area (Å²) in [5.41, 5.74) is 6.68. The Morgan fingerprint density at radius 3 is 2.72 bits per heavy atom. The fourth-order valence-corrected chi connectivity index (χ4v) is 1.82. The van der Waals surface area contributed by atoms with Gasteiger partial charge in [-0.2, -0.15) is 5.10 Å². The van der Waals surface area contributed by atoms with Crippen molar-refractivity contribution in [3.8, 4) is 11.4 Å². The van der Waals surface area contributed by atoms with Gasteiger partial charge in [-0.3, -0.25) is 0 Å². The molecule has 0 bridgehead atoms. The van der Waals surface area contributed by atoms with Gasteiger partial charge in [-0.05, 0) is 29.8 Å². The number of hydrogen-bond donors (Lipinski definition) is 1. The average molecular weight is 314 g/mol. The van der Waals surface area contributed by atoms with Crippen molar-refractivity contribution >= 4 is 21.6 Å². The highest BCUT2D eigenvalue weighted by atomic mass is 79.9. The molecule has 0 unspecified atom stereocenters. The molecule has 1 heterocycles. The minimum Gasteiger partial charge on any atom is -0.488 e. The van der Waals surface area contributed by atoms with Crippen LogP contribution in [0.25, 0.3) is 5.69 Å². The summed E-state index contributed by atoms with van der Waals surface area (Å²) >= 11 is 3.30. The van der Waals surface area contributed by atoms with Crippen molar-refractivity contribution in [1.29, 1.82) is 0 Å². The summed E-state index contributed by atoms with van der Waals surface area (Å²) in [5, 5.41) is 4.11. The highest BCUT2D eigenvalue weighted by Gasteiger charge is 2.12. The number of hydrogen-bond acceptors (Lipinski definition) is 3. The van der Waals surface area contributed by atoms with Crippen LogP contribution in [0.5, 0.6) is 5.75 Å². The molecular weight excluding hydrogens is 301 g/mol. The summed E-state index contributed by atoms with van der Waals surface area (Å²) in [5.74, 6) is -0.308. The van der Waals surface area contributed by atoms with E-state index in [-0.39, 0.29) is 11.9 Å². The van der Waals surface area contributed by atoms with Gasteiger partial charge in [0.05, 0.1) is 28.1 Å².